The van der Waals surface area contributed by atoms with E-state index in [0.29, 0.717) is 18.7 Å². The highest BCUT2D eigenvalue weighted by Gasteiger charge is 2.22. The molecule has 5 heteroatoms. The van der Waals surface area contributed by atoms with Crippen LogP contribution >= 0.6 is 0 Å². The van der Waals surface area contributed by atoms with Crippen molar-refractivity contribution in [2.45, 2.75) is 51.3 Å². The van der Waals surface area contributed by atoms with E-state index in [2.05, 4.69) is 11.0 Å². The maximum atomic E-state index is 13.7. The minimum atomic E-state index is -0.321. The lowest BCUT2D eigenvalue weighted by Crippen LogP contribution is -2.31. The molecule has 1 aromatic heterocycles. The van der Waals surface area contributed by atoms with Crippen molar-refractivity contribution in [2.24, 2.45) is 0 Å². The van der Waals surface area contributed by atoms with Gasteiger partial charge in [0, 0.05) is 37.7 Å². The molecule has 4 nitrogen and oxygen atoms in total. The molecule has 0 radical (unpaired) electrons. The van der Waals surface area contributed by atoms with Gasteiger partial charge >= 0.3 is 5.63 Å². The smallest absolute Gasteiger partial charge is 0.336 e. The van der Waals surface area contributed by atoms with Gasteiger partial charge in [0.1, 0.15) is 11.4 Å². The molecule has 0 spiro atoms. The van der Waals surface area contributed by atoms with Crippen molar-refractivity contribution in [1.29, 1.82) is 0 Å². The van der Waals surface area contributed by atoms with E-state index in [1.165, 1.54) is 17.2 Å². The van der Waals surface area contributed by atoms with E-state index in [9.17, 15) is 9.18 Å². The van der Waals surface area contributed by atoms with Crippen LogP contribution in [0, 0.1) is 5.82 Å². The van der Waals surface area contributed by atoms with E-state index in [1.807, 2.05) is 12.1 Å². The van der Waals surface area contributed by atoms with Gasteiger partial charge in [-0.3, -0.25) is 4.90 Å². The van der Waals surface area contributed by atoms with Gasteiger partial charge in [-0.15, -0.1) is 0 Å². The second kappa shape index (κ2) is 8.32. The van der Waals surface area contributed by atoms with Gasteiger partial charge in [0.15, 0.2) is 0 Å². The Labute approximate surface area is 175 Å². The third-order valence-electron chi connectivity index (χ3n) is 6.22. The molecule has 2 aliphatic rings. The first-order valence-electron chi connectivity index (χ1n) is 10.8. The lowest BCUT2D eigenvalue weighted by molar-refractivity contribution is 0.0680. The summed E-state index contributed by atoms with van der Waals surface area (Å²) in [6.45, 7) is 2.74. The van der Waals surface area contributed by atoms with Gasteiger partial charge in [-0.25, -0.2) is 9.18 Å². The van der Waals surface area contributed by atoms with Crippen molar-refractivity contribution in [3.8, 4) is 0 Å². The number of halogens is 1. The van der Waals surface area contributed by atoms with Crippen LogP contribution < -0.4 is 5.63 Å². The average molecular weight is 407 g/mol. The highest BCUT2D eigenvalue weighted by Crippen LogP contribution is 2.29. The zero-order chi connectivity index (χ0) is 20.5. The van der Waals surface area contributed by atoms with Gasteiger partial charge in [0.25, 0.3) is 0 Å². The van der Waals surface area contributed by atoms with Crippen LogP contribution in [0.25, 0.3) is 11.0 Å². The van der Waals surface area contributed by atoms with Crippen LogP contribution in [0.1, 0.15) is 41.5 Å². The molecule has 1 fully saturated rings. The third kappa shape index (κ3) is 4.18. The zero-order valence-electron chi connectivity index (χ0n) is 17.0. The molecular weight excluding hydrogens is 381 g/mol. The predicted molar refractivity (Wildman–Crippen MR) is 114 cm³/mol. The van der Waals surface area contributed by atoms with Gasteiger partial charge in [-0.05, 0) is 78.6 Å². The Hall–Kier alpha value is -2.50. The molecule has 2 aromatic carbocycles. The summed E-state index contributed by atoms with van der Waals surface area (Å²) in [6, 6.07) is 12.6. The Morgan fingerprint density at radius 3 is 2.70 bits per heavy atom. The Balaban J connectivity index is 1.48. The van der Waals surface area contributed by atoms with E-state index in [4.69, 9.17) is 9.15 Å². The molecule has 5 rings (SSSR count). The lowest BCUT2D eigenvalue weighted by atomic mass is 10.0. The summed E-state index contributed by atoms with van der Waals surface area (Å²) < 4.78 is 25.1. The maximum Gasteiger partial charge on any atom is 0.336 e. The molecule has 1 unspecified atom stereocenters. The van der Waals surface area contributed by atoms with E-state index in [-0.39, 0.29) is 17.5 Å². The van der Waals surface area contributed by atoms with Crippen LogP contribution in [0.5, 0.6) is 0 Å². The second-order valence-corrected chi connectivity index (χ2v) is 8.50. The number of fused-ring (bicyclic) bond motifs is 2. The average Bonchev–Trinajstić information content (AvgIpc) is 3.38. The highest BCUT2D eigenvalue weighted by molar-refractivity contribution is 5.82. The van der Waals surface area contributed by atoms with Crippen molar-refractivity contribution in [3.63, 3.8) is 0 Å². The van der Waals surface area contributed by atoms with E-state index in [1.54, 1.807) is 18.2 Å². The predicted octanol–water partition coefficient (Wildman–Crippen LogP) is 4.60. The molecular formula is C25H26FNO3. The SMILES string of the molecule is O=c1cc(CN(Cc2cccc(F)c2)CC2CCCO2)c2cc3c(cc2o1)CCC3. The summed E-state index contributed by atoms with van der Waals surface area (Å²) in [5.74, 6) is -0.231. The molecule has 0 amide bonds. The third-order valence-corrected chi connectivity index (χ3v) is 6.22. The second-order valence-electron chi connectivity index (χ2n) is 8.50. The van der Waals surface area contributed by atoms with Gasteiger partial charge in [0.2, 0.25) is 0 Å². The van der Waals surface area contributed by atoms with E-state index in [0.717, 1.165) is 61.8 Å². The van der Waals surface area contributed by atoms with Crippen molar-refractivity contribution in [2.75, 3.05) is 13.2 Å². The van der Waals surface area contributed by atoms with Crippen molar-refractivity contribution in [1.82, 2.24) is 4.90 Å². The summed E-state index contributed by atoms with van der Waals surface area (Å²) >= 11 is 0. The topological polar surface area (TPSA) is 42.7 Å². The molecule has 0 N–H and O–H groups in total. The molecule has 3 aromatic rings. The van der Waals surface area contributed by atoms with E-state index >= 15 is 0 Å². The van der Waals surface area contributed by atoms with Gasteiger partial charge < -0.3 is 9.15 Å². The summed E-state index contributed by atoms with van der Waals surface area (Å²) in [5.41, 5.74) is 4.87. The van der Waals surface area contributed by atoms with Crippen LogP contribution in [0.2, 0.25) is 0 Å². The molecule has 156 valence electrons. The quantitative estimate of drug-likeness (QED) is 0.560. The Kier molecular flexibility index (Phi) is 5.40. The number of nitrogens with zero attached hydrogens (tertiary/aromatic N) is 1. The molecule has 0 saturated carbocycles. The summed E-state index contributed by atoms with van der Waals surface area (Å²) in [6.07, 6.45) is 5.55. The fraction of sp³-hybridized carbons (Fsp3) is 0.400. The lowest BCUT2D eigenvalue weighted by Gasteiger charge is -2.26. The molecule has 1 aliphatic carbocycles. The zero-order valence-corrected chi connectivity index (χ0v) is 17.0. The molecule has 1 saturated heterocycles. The minimum absolute atomic E-state index is 0.175. The Morgan fingerprint density at radius 2 is 1.90 bits per heavy atom. The normalized spacial score (nSPS) is 18.4. The molecule has 30 heavy (non-hydrogen) atoms. The number of aryl methyl sites for hydroxylation is 2. The fourth-order valence-electron chi connectivity index (χ4n) is 4.82. The summed E-state index contributed by atoms with van der Waals surface area (Å²) in [4.78, 5) is 14.5. The van der Waals surface area contributed by atoms with Crippen molar-refractivity contribution >= 4 is 11.0 Å². The molecule has 1 atom stereocenters. The van der Waals surface area contributed by atoms with Gasteiger partial charge in [-0.2, -0.15) is 0 Å². The molecule has 1 aliphatic heterocycles. The van der Waals surface area contributed by atoms with Gasteiger partial charge in [-0.1, -0.05) is 12.1 Å². The molecule has 2 heterocycles. The Morgan fingerprint density at radius 1 is 1.03 bits per heavy atom. The van der Waals surface area contributed by atoms with Crippen LogP contribution in [-0.2, 0) is 30.7 Å². The number of hydrogen-bond acceptors (Lipinski definition) is 4. The monoisotopic (exact) mass is 407 g/mol. The number of rotatable bonds is 6. The first-order valence-corrected chi connectivity index (χ1v) is 10.8. The Bertz CT molecular complexity index is 1120. The first-order chi connectivity index (χ1) is 14.6. The highest BCUT2D eigenvalue weighted by atomic mass is 19.1. The minimum Gasteiger partial charge on any atom is -0.423 e. The standard InChI is InChI=1S/C25H26FNO3/c26-21-7-1-4-17(10-21)14-27(16-22-8-3-9-29-22)15-20-13-25(28)30-24-12-19-6-2-5-18(19)11-23(20)24/h1,4,7,10-13,22H,2-3,5-6,8-9,14-16H2. The maximum absolute atomic E-state index is 13.7. The molecule has 0 bridgehead atoms. The van der Waals surface area contributed by atoms with Crippen LogP contribution in [0.4, 0.5) is 4.39 Å². The number of benzene rings is 2. The van der Waals surface area contributed by atoms with E-state index < -0.39 is 0 Å². The summed E-state index contributed by atoms with van der Waals surface area (Å²) in [7, 11) is 0. The number of hydrogen-bond donors (Lipinski definition) is 0. The van der Waals surface area contributed by atoms with Crippen LogP contribution in [0.3, 0.4) is 0 Å². The van der Waals surface area contributed by atoms with Crippen molar-refractivity contribution < 1.29 is 13.5 Å². The summed E-state index contributed by atoms with van der Waals surface area (Å²) in [5, 5.41) is 1.01. The first kappa shape index (κ1) is 19.5. The van der Waals surface area contributed by atoms with Crippen LogP contribution in [0.15, 0.2) is 51.7 Å². The van der Waals surface area contributed by atoms with Crippen LogP contribution in [-0.4, -0.2) is 24.2 Å². The largest absolute Gasteiger partial charge is 0.423 e. The van der Waals surface area contributed by atoms with Gasteiger partial charge in [0.05, 0.1) is 6.10 Å². The number of ether oxygens (including phenoxy) is 1. The fourth-order valence-corrected chi connectivity index (χ4v) is 4.82. The van der Waals surface area contributed by atoms with Crippen molar-refractivity contribution in [3.05, 3.63) is 81.0 Å².